The molecular formula is C29H35Cl2N7OS. The number of carbonyl (C=O) groups excluding carboxylic acids is 1. The summed E-state index contributed by atoms with van der Waals surface area (Å²) in [4.78, 5) is 21.4. The number of nitriles is 1. The largest absolute Gasteiger partial charge is 0.363 e. The fraction of sp³-hybridized carbons (Fsp3) is 0.379. The average Bonchev–Trinajstić information content (AvgIpc) is 3.34. The van der Waals surface area contributed by atoms with Gasteiger partial charge in [0.1, 0.15) is 0 Å². The summed E-state index contributed by atoms with van der Waals surface area (Å²) in [6, 6.07) is 14.8. The van der Waals surface area contributed by atoms with Gasteiger partial charge in [0.25, 0.3) is 0 Å². The van der Waals surface area contributed by atoms with E-state index in [1.807, 2.05) is 54.8 Å². The number of imidazole rings is 1. The third kappa shape index (κ3) is 9.79. The molecule has 0 fully saturated rings. The van der Waals surface area contributed by atoms with Crippen molar-refractivity contribution in [2.45, 2.75) is 38.9 Å². The highest BCUT2D eigenvalue weighted by Gasteiger charge is 2.18. The van der Waals surface area contributed by atoms with E-state index in [0.717, 1.165) is 36.3 Å². The number of halogens is 2. The highest BCUT2D eigenvalue weighted by atomic mass is 35.5. The quantitative estimate of drug-likeness (QED) is 0.221. The molecule has 0 bridgehead atoms. The van der Waals surface area contributed by atoms with Gasteiger partial charge in [0, 0.05) is 44.1 Å². The Morgan fingerprint density at radius 2 is 1.95 bits per heavy atom. The van der Waals surface area contributed by atoms with E-state index in [0.29, 0.717) is 40.4 Å². The van der Waals surface area contributed by atoms with Crippen LogP contribution >= 0.6 is 35.4 Å². The molecule has 2 N–H and O–H groups in total. The molecule has 8 nitrogen and oxygen atoms in total. The molecule has 2 aromatic carbocycles. The first-order chi connectivity index (χ1) is 19.2. The summed E-state index contributed by atoms with van der Waals surface area (Å²) in [5.41, 5.74) is 3.29. The molecule has 40 heavy (non-hydrogen) atoms. The number of carbonyl (C=O) groups is 1. The summed E-state index contributed by atoms with van der Waals surface area (Å²) in [5.74, 6) is -0.111. The third-order valence-corrected chi connectivity index (χ3v) is 7.48. The zero-order valence-electron chi connectivity index (χ0n) is 23.0. The second-order valence-corrected chi connectivity index (χ2v) is 11.1. The van der Waals surface area contributed by atoms with E-state index in [2.05, 4.69) is 26.6 Å². The number of aromatic nitrogens is 2. The van der Waals surface area contributed by atoms with Gasteiger partial charge in [0.2, 0.25) is 5.91 Å². The molecule has 0 saturated carbocycles. The molecule has 1 heterocycles. The lowest BCUT2D eigenvalue weighted by molar-refractivity contribution is -0.121. The van der Waals surface area contributed by atoms with E-state index >= 15 is 0 Å². The first kappa shape index (κ1) is 31.4. The van der Waals surface area contributed by atoms with Gasteiger partial charge in [-0.25, -0.2) is 4.98 Å². The standard InChI is InChI=1S/C29H35Cl2N7OS/c1-21(35-27(39)14-25-16-33-20-38(25)18-23-10-8-22(15-32)9-11-23)17-37(29(40)34-12-5-13-36(2)3)19-24-6-4-7-26(30)28(24)31/h4,6-11,16,20-21H,5,12-14,17-19H2,1-3H3,(H,34,40)(H,35,39)/t21-/m0/s1. The van der Waals surface area contributed by atoms with E-state index in [-0.39, 0.29) is 18.4 Å². The first-order valence-electron chi connectivity index (χ1n) is 13.0. The van der Waals surface area contributed by atoms with Gasteiger partial charge in [-0.1, -0.05) is 47.5 Å². The minimum atomic E-state index is -0.193. The van der Waals surface area contributed by atoms with Crippen LogP contribution in [0.1, 0.15) is 35.7 Å². The van der Waals surface area contributed by atoms with Gasteiger partial charge >= 0.3 is 0 Å². The Kier molecular flexibility index (Phi) is 12.2. The minimum absolute atomic E-state index is 0.111. The van der Waals surface area contributed by atoms with Crippen LogP contribution in [-0.2, 0) is 24.3 Å². The highest BCUT2D eigenvalue weighted by Crippen LogP contribution is 2.26. The fourth-order valence-electron chi connectivity index (χ4n) is 4.18. The molecule has 0 spiro atoms. The Morgan fingerprint density at radius 1 is 1.20 bits per heavy atom. The topological polar surface area (TPSA) is 89.2 Å². The zero-order valence-corrected chi connectivity index (χ0v) is 25.4. The fourth-order valence-corrected chi connectivity index (χ4v) is 4.80. The van der Waals surface area contributed by atoms with Crippen LogP contribution in [0.5, 0.6) is 0 Å². The Morgan fingerprint density at radius 3 is 2.65 bits per heavy atom. The maximum absolute atomic E-state index is 13.0. The van der Waals surface area contributed by atoms with Crippen molar-refractivity contribution in [3.8, 4) is 6.07 Å². The lowest BCUT2D eigenvalue weighted by atomic mass is 10.1. The van der Waals surface area contributed by atoms with Crippen LogP contribution in [0.3, 0.4) is 0 Å². The predicted molar refractivity (Wildman–Crippen MR) is 164 cm³/mol. The molecule has 11 heteroatoms. The van der Waals surface area contributed by atoms with Crippen LogP contribution in [0.25, 0.3) is 0 Å². The Labute approximate surface area is 251 Å². The molecule has 1 amide bonds. The maximum Gasteiger partial charge on any atom is 0.226 e. The van der Waals surface area contributed by atoms with Gasteiger partial charge in [0.05, 0.1) is 34.4 Å². The third-order valence-electron chi connectivity index (χ3n) is 6.22. The molecule has 0 aliphatic rings. The van der Waals surface area contributed by atoms with Crippen molar-refractivity contribution in [1.29, 1.82) is 5.26 Å². The van der Waals surface area contributed by atoms with Crippen molar-refractivity contribution in [1.82, 2.24) is 30.0 Å². The number of hydrogen-bond donors (Lipinski definition) is 2. The van der Waals surface area contributed by atoms with Crippen molar-refractivity contribution in [3.63, 3.8) is 0 Å². The number of nitrogens with one attached hydrogen (secondary N) is 2. The number of hydrogen-bond acceptors (Lipinski definition) is 5. The second-order valence-electron chi connectivity index (χ2n) is 9.95. The van der Waals surface area contributed by atoms with Gasteiger partial charge in [0.15, 0.2) is 5.11 Å². The van der Waals surface area contributed by atoms with Crippen LogP contribution in [-0.4, -0.2) is 70.1 Å². The van der Waals surface area contributed by atoms with Gasteiger partial charge in [-0.15, -0.1) is 0 Å². The van der Waals surface area contributed by atoms with Crippen molar-refractivity contribution in [2.24, 2.45) is 0 Å². The lowest BCUT2D eigenvalue weighted by Crippen LogP contribution is -2.48. The SMILES string of the molecule is C[C@@H](CN(Cc1cccc(Cl)c1Cl)C(=S)NCCCN(C)C)NC(=O)Cc1cncn1Cc1ccc(C#N)cc1. The molecule has 212 valence electrons. The summed E-state index contributed by atoms with van der Waals surface area (Å²) in [5, 5.41) is 17.0. The van der Waals surface area contributed by atoms with Crippen LogP contribution in [0.2, 0.25) is 10.0 Å². The van der Waals surface area contributed by atoms with Crippen LogP contribution in [0.15, 0.2) is 55.0 Å². The number of benzene rings is 2. The molecule has 3 aromatic rings. The molecule has 0 unspecified atom stereocenters. The van der Waals surface area contributed by atoms with Gasteiger partial charge < -0.3 is 25.0 Å². The van der Waals surface area contributed by atoms with Crippen molar-refractivity contribution in [2.75, 3.05) is 33.7 Å². The Hall–Kier alpha value is -3.16. The average molecular weight is 601 g/mol. The Balaban J connectivity index is 1.61. The molecule has 1 aromatic heterocycles. The van der Waals surface area contributed by atoms with Gasteiger partial charge in [-0.05, 0) is 75.5 Å². The second kappa shape index (κ2) is 15.6. The molecule has 0 radical (unpaired) electrons. The molecule has 1 atom stereocenters. The monoisotopic (exact) mass is 599 g/mol. The molecule has 0 saturated heterocycles. The maximum atomic E-state index is 13.0. The van der Waals surface area contributed by atoms with E-state index in [9.17, 15) is 4.79 Å². The summed E-state index contributed by atoms with van der Waals surface area (Å²) in [7, 11) is 4.08. The van der Waals surface area contributed by atoms with Crippen molar-refractivity contribution >= 4 is 46.4 Å². The van der Waals surface area contributed by atoms with Crippen molar-refractivity contribution in [3.05, 3.63) is 87.4 Å². The van der Waals surface area contributed by atoms with E-state index in [1.165, 1.54) is 0 Å². The minimum Gasteiger partial charge on any atom is -0.363 e. The summed E-state index contributed by atoms with van der Waals surface area (Å²) in [6.45, 7) is 5.14. The normalized spacial score (nSPS) is 11.6. The molecule has 3 rings (SSSR count). The van der Waals surface area contributed by atoms with Crippen molar-refractivity contribution < 1.29 is 4.79 Å². The van der Waals surface area contributed by atoms with E-state index < -0.39 is 0 Å². The van der Waals surface area contributed by atoms with E-state index in [4.69, 9.17) is 40.7 Å². The van der Waals surface area contributed by atoms with E-state index in [1.54, 1.807) is 30.7 Å². The lowest BCUT2D eigenvalue weighted by Gasteiger charge is -2.30. The molecular weight excluding hydrogens is 565 g/mol. The van der Waals surface area contributed by atoms with Gasteiger partial charge in [-0.2, -0.15) is 5.26 Å². The number of nitrogens with zero attached hydrogens (tertiary/aromatic N) is 5. The molecule has 0 aliphatic heterocycles. The summed E-state index contributed by atoms with van der Waals surface area (Å²) >= 11 is 18.5. The van der Waals surface area contributed by atoms with Crippen LogP contribution < -0.4 is 10.6 Å². The smallest absolute Gasteiger partial charge is 0.226 e. The Bertz CT molecular complexity index is 1320. The number of amides is 1. The zero-order chi connectivity index (χ0) is 29.1. The summed E-state index contributed by atoms with van der Waals surface area (Å²) < 4.78 is 1.94. The van der Waals surface area contributed by atoms with Crippen LogP contribution in [0.4, 0.5) is 0 Å². The molecule has 0 aliphatic carbocycles. The summed E-state index contributed by atoms with van der Waals surface area (Å²) in [6.07, 6.45) is 4.55. The van der Waals surface area contributed by atoms with Gasteiger partial charge in [-0.3, -0.25) is 4.79 Å². The highest BCUT2D eigenvalue weighted by molar-refractivity contribution is 7.80. The predicted octanol–water partition coefficient (Wildman–Crippen LogP) is 4.49. The first-order valence-corrected chi connectivity index (χ1v) is 14.2. The number of rotatable bonds is 13. The van der Waals surface area contributed by atoms with Crippen LogP contribution in [0, 0.1) is 11.3 Å². The number of thiocarbonyl (C=S) groups is 1.